The van der Waals surface area contributed by atoms with Crippen molar-refractivity contribution in [3.8, 4) is 0 Å². The monoisotopic (exact) mass is 334 g/mol. The molecule has 6 heteroatoms. The Bertz CT molecular complexity index is 775. The zero-order chi connectivity index (χ0) is 15.7. The quantitative estimate of drug-likeness (QED) is 0.899. The van der Waals surface area contributed by atoms with Crippen LogP contribution < -0.4 is 10.6 Å². The van der Waals surface area contributed by atoms with Crippen LogP contribution in [0.2, 0.25) is 10.0 Å². The smallest absolute Gasteiger partial charge is 0.228 e. The van der Waals surface area contributed by atoms with Gasteiger partial charge >= 0.3 is 0 Å². The number of carbonyl (C=O) groups excluding carboxylic acids is 2. The summed E-state index contributed by atoms with van der Waals surface area (Å²) >= 11 is 12.0. The topological polar surface area (TPSA) is 58.2 Å². The van der Waals surface area contributed by atoms with Crippen LogP contribution in [0.1, 0.15) is 11.1 Å². The maximum Gasteiger partial charge on any atom is 0.228 e. The van der Waals surface area contributed by atoms with E-state index in [1.165, 1.54) is 0 Å². The van der Waals surface area contributed by atoms with E-state index >= 15 is 0 Å². The van der Waals surface area contributed by atoms with Gasteiger partial charge in [-0.3, -0.25) is 9.59 Å². The fourth-order valence-electron chi connectivity index (χ4n) is 2.37. The molecule has 0 bridgehead atoms. The number of benzene rings is 2. The van der Waals surface area contributed by atoms with Crippen molar-refractivity contribution in [2.24, 2.45) is 0 Å². The molecule has 2 aromatic carbocycles. The Kier molecular flexibility index (Phi) is 4.05. The van der Waals surface area contributed by atoms with Gasteiger partial charge in [0.2, 0.25) is 11.8 Å². The summed E-state index contributed by atoms with van der Waals surface area (Å²) < 4.78 is 0. The summed E-state index contributed by atoms with van der Waals surface area (Å²) in [5, 5.41) is 6.21. The van der Waals surface area contributed by atoms with Crippen LogP contribution in [0, 0.1) is 0 Å². The first kappa shape index (κ1) is 14.9. The number of hydrogen-bond donors (Lipinski definition) is 2. The molecule has 1 aliphatic rings. The minimum absolute atomic E-state index is 0.0256. The molecule has 0 fully saturated rings. The Morgan fingerprint density at radius 1 is 1.23 bits per heavy atom. The lowest BCUT2D eigenvalue weighted by Crippen LogP contribution is -2.14. The maximum atomic E-state index is 12.1. The van der Waals surface area contributed by atoms with E-state index in [0.717, 1.165) is 16.8 Å². The summed E-state index contributed by atoms with van der Waals surface area (Å²) in [6, 6.07) is 10.6. The second-order valence-corrected chi connectivity index (χ2v) is 5.83. The second-order valence-electron chi connectivity index (χ2n) is 5.04. The van der Waals surface area contributed by atoms with E-state index in [1.807, 2.05) is 18.2 Å². The van der Waals surface area contributed by atoms with Crippen molar-refractivity contribution in [3.05, 3.63) is 57.6 Å². The van der Waals surface area contributed by atoms with Gasteiger partial charge < -0.3 is 10.6 Å². The molecule has 0 unspecified atom stereocenters. The van der Waals surface area contributed by atoms with Gasteiger partial charge in [0, 0.05) is 5.69 Å². The summed E-state index contributed by atoms with van der Waals surface area (Å²) in [7, 11) is 0. The molecule has 0 spiro atoms. The van der Waals surface area contributed by atoms with Gasteiger partial charge in [-0.15, -0.1) is 0 Å². The van der Waals surface area contributed by atoms with Crippen molar-refractivity contribution in [2.45, 2.75) is 12.8 Å². The summed E-state index contributed by atoms with van der Waals surface area (Å²) in [6.45, 7) is 0. The lowest BCUT2D eigenvalue weighted by Gasteiger charge is -2.09. The third-order valence-electron chi connectivity index (χ3n) is 3.39. The molecule has 0 saturated carbocycles. The van der Waals surface area contributed by atoms with Crippen LogP contribution in [0.15, 0.2) is 36.4 Å². The SMILES string of the molecule is O=C1Cc2cc(CC(=O)Nc3cccc(Cl)c3Cl)ccc2N1. The molecule has 0 aromatic heterocycles. The predicted molar refractivity (Wildman–Crippen MR) is 87.6 cm³/mol. The minimum Gasteiger partial charge on any atom is -0.326 e. The highest BCUT2D eigenvalue weighted by molar-refractivity contribution is 6.44. The van der Waals surface area contributed by atoms with Crippen molar-refractivity contribution in [1.29, 1.82) is 0 Å². The van der Waals surface area contributed by atoms with E-state index in [4.69, 9.17) is 23.2 Å². The molecule has 3 rings (SSSR count). The average molecular weight is 335 g/mol. The predicted octanol–water partition coefficient (Wildman–Crippen LogP) is 3.67. The molecule has 1 heterocycles. The van der Waals surface area contributed by atoms with Gasteiger partial charge in [-0.1, -0.05) is 41.4 Å². The largest absolute Gasteiger partial charge is 0.326 e. The Morgan fingerprint density at radius 2 is 2.05 bits per heavy atom. The van der Waals surface area contributed by atoms with Crippen LogP contribution in [-0.4, -0.2) is 11.8 Å². The molecule has 4 nitrogen and oxygen atoms in total. The van der Waals surface area contributed by atoms with Gasteiger partial charge in [0.25, 0.3) is 0 Å². The second kappa shape index (κ2) is 5.99. The molecule has 2 amide bonds. The third kappa shape index (κ3) is 3.08. The van der Waals surface area contributed by atoms with Crippen molar-refractivity contribution >= 4 is 46.4 Å². The van der Waals surface area contributed by atoms with Crippen LogP contribution >= 0.6 is 23.2 Å². The Labute approximate surface area is 137 Å². The first-order valence-corrected chi connectivity index (χ1v) is 7.44. The Hall–Kier alpha value is -2.04. The normalized spacial score (nSPS) is 12.7. The number of carbonyl (C=O) groups is 2. The molecule has 2 N–H and O–H groups in total. The standard InChI is InChI=1S/C16H12Cl2N2O2/c17-11-2-1-3-13(16(11)18)20-14(21)7-9-4-5-12-10(6-9)8-15(22)19-12/h1-6H,7-8H2,(H,19,22)(H,20,21). The van der Waals surface area contributed by atoms with E-state index in [-0.39, 0.29) is 18.2 Å². The van der Waals surface area contributed by atoms with Crippen LogP contribution in [0.3, 0.4) is 0 Å². The van der Waals surface area contributed by atoms with Gasteiger partial charge in [-0.25, -0.2) is 0 Å². The van der Waals surface area contributed by atoms with Gasteiger partial charge in [0.05, 0.1) is 28.6 Å². The summed E-state index contributed by atoms with van der Waals surface area (Å²) in [6.07, 6.45) is 0.551. The van der Waals surface area contributed by atoms with E-state index in [1.54, 1.807) is 18.2 Å². The molecule has 0 atom stereocenters. The summed E-state index contributed by atoms with van der Waals surface area (Å²) in [5.74, 6) is -0.219. The zero-order valence-electron chi connectivity index (χ0n) is 11.5. The van der Waals surface area contributed by atoms with Crippen LogP contribution in [0.4, 0.5) is 11.4 Å². The fourth-order valence-corrected chi connectivity index (χ4v) is 2.72. The first-order valence-electron chi connectivity index (χ1n) is 6.68. The lowest BCUT2D eigenvalue weighted by atomic mass is 10.1. The highest BCUT2D eigenvalue weighted by Crippen LogP contribution is 2.30. The lowest BCUT2D eigenvalue weighted by molar-refractivity contribution is -0.116. The van der Waals surface area contributed by atoms with Crippen molar-refractivity contribution in [3.63, 3.8) is 0 Å². The summed E-state index contributed by atoms with van der Waals surface area (Å²) in [5.41, 5.74) is 3.05. The van der Waals surface area contributed by atoms with Crippen molar-refractivity contribution in [1.82, 2.24) is 0 Å². The first-order chi connectivity index (χ1) is 10.5. The molecular weight excluding hydrogens is 323 g/mol. The fraction of sp³-hybridized carbons (Fsp3) is 0.125. The molecule has 1 aliphatic heterocycles. The van der Waals surface area contributed by atoms with Gasteiger partial charge in [-0.2, -0.15) is 0 Å². The summed E-state index contributed by atoms with van der Waals surface area (Å²) in [4.78, 5) is 23.4. The minimum atomic E-state index is -0.193. The molecule has 22 heavy (non-hydrogen) atoms. The highest BCUT2D eigenvalue weighted by Gasteiger charge is 2.18. The van der Waals surface area contributed by atoms with Crippen molar-refractivity contribution in [2.75, 3.05) is 10.6 Å². The Morgan fingerprint density at radius 3 is 2.86 bits per heavy atom. The average Bonchev–Trinajstić information content (AvgIpc) is 2.83. The molecule has 2 aromatic rings. The van der Waals surface area contributed by atoms with Crippen molar-refractivity contribution < 1.29 is 9.59 Å². The van der Waals surface area contributed by atoms with E-state index in [9.17, 15) is 9.59 Å². The number of amides is 2. The Balaban J connectivity index is 1.71. The number of hydrogen-bond acceptors (Lipinski definition) is 2. The number of nitrogens with one attached hydrogen (secondary N) is 2. The van der Waals surface area contributed by atoms with Gasteiger partial charge in [-0.05, 0) is 29.3 Å². The van der Waals surface area contributed by atoms with Crippen LogP contribution in [-0.2, 0) is 22.4 Å². The number of fused-ring (bicyclic) bond motifs is 1. The molecule has 112 valence electrons. The molecule has 0 saturated heterocycles. The molecule has 0 aliphatic carbocycles. The molecule has 0 radical (unpaired) electrons. The number of halogens is 2. The number of rotatable bonds is 3. The van der Waals surface area contributed by atoms with E-state index in [2.05, 4.69) is 10.6 Å². The number of anilines is 2. The van der Waals surface area contributed by atoms with Gasteiger partial charge in [0.1, 0.15) is 0 Å². The highest BCUT2D eigenvalue weighted by atomic mass is 35.5. The van der Waals surface area contributed by atoms with E-state index in [0.29, 0.717) is 22.2 Å². The maximum absolute atomic E-state index is 12.1. The molecular formula is C16H12Cl2N2O2. The third-order valence-corrected chi connectivity index (χ3v) is 4.20. The van der Waals surface area contributed by atoms with Crippen LogP contribution in [0.25, 0.3) is 0 Å². The van der Waals surface area contributed by atoms with Crippen LogP contribution in [0.5, 0.6) is 0 Å². The zero-order valence-corrected chi connectivity index (χ0v) is 13.0. The van der Waals surface area contributed by atoms with E-state index < -0.39 is 0 Å². The van der Waals surface area contributed by atoms with Gasteiger partial charge in [0.15, 0.2) is 0 Å².